The maximum atomic E-state index is 13.4. The monoisotopic (exact) mass is 518 g/mol. The van der Waals surface area contributed by atoms with E-state index in [1.54, 1.807) is 23.1 Å². The van der Waals surface area contributed by atoms with E-state index in [1.165, 1.54) is 5.56 Å². The van der Waals surface area contributed by atoms with E-state index >= 15 is 0 Å². The first-order chi connectivity index (χ1) is 18.3. The molecule has 0 aromatic heterocycles. The molecule has 1 unspecified atom stereocenters. The minimum Gasteiger partial charge on any atom is -0.507 e. The van der Waals surface area contributed by atoms with Crippen LogP contribution in [0.4, 0.5) is 0 Å². The highest BCUT2D eigenvalue weighted by molar-refractivity contribution is 6.46. The molecule has 1 atom stereocenters. The molecule has 4 rings (SSSR count). The topological polar surface area (TPSA) is 79.3 Å². The van der Waals surface area contributed by atoms with Crippen LogP contribution >= 0.6 is 0 Å². The Hall–Kier alpha value is -3.42. The average Bonchev–Trinajstić information content (AvgIpc) is 3.17. The lowest BCUT2D eigenvalue weighted by atomic mass is 9.92. The van der Waals surface area contributed by atoms with Gasteiger partial charge in [0.15, 0.2) is 0 Å². The van der Waals surface area contributed by atoms with Gasteiger partial charge in [-0.15, -0.1) is 0 Å². The minimum atomic E-state index is -0.656. The number of aryl methyl sites for hydroxylation is 1. The number of hydrogen-bond donors (Lipinski definition) is 1. The highest BCUT2D eigenvalue weighted by atomic mass is 16.5. The molecule has 38 heavy (non-hydrogen) atoms. The zero-order chi connectivity index (χ0) is 27.2. The van der Waals surface area contributed by atoms with Crippen molar-refractivity contribution in [2.24, 2.45) is 0 Å². The summed E-state index contributed by atoms with van der Waals surface area (Å²) in [7, 11) is 0. The molecule has 2 aromatic rings. The summed E-state index contributed by atoms with van der Waals surface area (Å²) in [6, 6.07) is 12.6. The van der Waals surface area contributed by atoms with Gasteiger partial charge in [-0.05, 0) is 54.2 Å². The van der Waals surface area contributed by atoms with Gasteiger partial charge in [0.2, 0.25) is 0 Å². The molecule has 202 valence electrons. The molecular formula is C31H38N2O5. The van der Waals surface area contributed by atoms with Crippen LogP contribution in [0.2, 0.25) is 0 Å². The number of benzene rings is 2. The van der Waals surface area contributed by atoms with Gasteiger partial charge in [-0.25, -0.2) is 0 Å². The third-order valence-electron chi connectivity index (χ3n) is 7.26. The number of carbonyl (C=O) groups excluding carboxylic acids is 2. The average molecular weight is 519 g/mol. The Balaban J connectivity index is 1.69. The van der Waals surface area contributed by atoms with Crippen molar-refractivity contribution in [3.05, 3.63) is 82.9 Å². The lowest BCUT2D eigenvalue weighted by molar-refractivity contribution is -0.140. The number of nitrogens with zero attached hydrogens (tertiary/aromatic N) is 2. The molecule has 2 fully saturated rings. The van der Waals surface area contributed by atoms with Crippen molar-refractivity contribution in [3.63, 3.8) is 0 Å². The summed E-state index contributed by atoms with van der Waals surface area (Å²) >= 11 is 0. The van der Waals surface area contributed by atoms with Gasteiger partial charge in [0.05, 0.1) is 24.8 Å². The predicted molar refractivity (Wildman–Crippen MR) is 148 cm³/mol. The number of carbonyl (C=O) groups is 2. The Kier molecular flexibility index (Phi) is 9.02. The second kappa shape index (κ2) is 12.4. The number of aliphatic hydroxyl groups is 1. The maximum absolute atomic E-state index is 13.4. The zero-order valence-electron chi connectivity index (χ0n) is 22.6. The van der Waals surface area contributed by atoms with Crippen LogP contribution in [-0.4, -0.2) is 72.6 Å². The van der Waals surface area contributed by atoms with E-state index in [9.17, 15) is 14.7 Å². The van der Waals surface area contributed by atoms with Gasteiger partial charge in [0.25, 0.3) is 11.7 Å². The van der Waals surface area contributed by atoms with Gasteiger partial charge < -0.3 is 19.5 Å². The fourth-order valence-electron chi connectivity index (χ4n) is 5.10. The Morgan fingerprint density at radius 3 is 2.47 bits per heavy atom. The Bertz CT molecular complexity index is 1200. The standard InChI is InChI=1S/C31H38N2O5/c1-5-17-38-25-11-12-26(22(4)20-25)29(34)27-28(24-9-7-23(8-10-24)21(2)3)33(31(36)30(27)35)14-6-13-32-15-18-37-19-16-32/h5,7-12,20-21,28,34H,1,6,13-19H2,2-4H3/b29-27-. The highest BCUT2D eigenvalue weighted by Crippen LogP contribution is 2.40. The Morgan fingerprint density at radius 1 is 1.13 bits per heavy atom. The molecule has 0 radical (unpaired) electrons. The number of ether oxygens (including phenoxy) is 2. The molecule has 2 heterocycles. The number of aliphatic hydroxyl groups excluding tert-OH is 1. The number of hydrogen-bond acceptors (Lipinski definition) is 6. The van der Waals surface area contributed by atoms with E-state index in [2.05, 4.69) is 25.3 Å². The van der Waals surface area contributed by atoms with Gasteiger partial charge in [-0.3, -0.25) is 14.5 Å². The molecule has 7 nitrogen and oxygen atoms in total. The second-order valence-electron chi connectivity index (χ2n) is 10.2. The molecule has 2 aromatic carbocycles. The summed E-state index contributed by atoms with van der Waals surface area (Å²) in [5, 5.41) is 11.5. The van der Waals surface area contributed by atoms with E-state index in [-0.39, 0.29) is 11.3 Å². The van der Waals surface area contributed by atoms with Crippen molar-refractivity contribution in [1.82, 2.24) is 9.80 Å². The number of morpholine rings is 1. The van der Waals surface area contributed by atoms with Gasteiger partial charge in [0, 0.05) is 31.7 Å². The summed E-state index contributed by atoms with van der Waals surface area (Å²) in [5.41, 5.74) is 3.36. The van der Waals surface area contributed by atoms with Gasteiger partial charge in [0.1, 0.15) is 18.1 Å². The lowest BCUT2D eigenvalue weighted by Gasteiger charge is -2.29. The van der Waals surface area contributed by atoms with Crippen LogP contribution in [0.1, 0.15) is 54.5 Å². The summed E-state index contributed by atoms with van der Waals surface area (Å²) < 4.78 is 11.0. The van der Waals surface area contributed by atoms with E-state index in [1.807, 2.05) is 37.3 Å². The van der Waals surface area contributed by atoms with Crippen molar-refractivity contribution in [2.45, 2.75) is 39.2 Å². The Morgan fingerprint density at radius 2 is 1.84 bits per heavy atom. The SMILES string of the molecule is C=CCOc1ccc(/C(O)=C2/C(=O)C(=O)N(CCCN3CCOCC3)C2c2ccc(C(C)C)cc2)c(C)c1. The van der Waals surface area contributed by atoms with E-state index in [0.29, 0.717) is 43.6 Å². The molecule has 2 aliphatic rings. The van der Waals surface area contributed by atoms with Crippen molar-refractivity contribution in [1.29, 1.82) is 0 Å². The predicted octanol–water partition coefficient (Wildman–Crippen LogP) is 4.83. The molecule has 0 aliphatic carbocycles. The fourth-order valence-corrected chi connectivity index (χ4v) is 5.10. The molecule has 0 saturated carbocycles. The van der Waals surface area contributed by atoms with Crippen LogP contribution in [0.15, 0.2) is 60.7 Å². The van der Waals surface area contributed by atoms with Crippen LogP contribution in [-0.2, 0) is 14.3 Å². The summed E-state index contributed by atoms with van der Waals surface area (Å²) in [6.07, 6.45) is 2.39. The van der Waals surface area contributed by atoms with E-state index in [4.69, 9.17) is 9.47 Å². The van der Waals surface area contributed by atoms with Crippen molar-refractivity contribution in [3.8, 4) is 5.75 Å². The van der Waals surface area contributed by atoms with E-state index in [0.717, 1.165) is 37.2 Å². The number of Topliss-reactive ketones (excluding diaryl/α,β-unsaturated/α-hetero) is 1. The molecule has 0 bridgehead atoms. The largest absolute Gasteiger partial charge is 0.507 e. The first kappa shape index (κ1) is 27.6. The highest BCUT2D eigenvalue weighted by Gasteiger charge is 2.46. The van der Waals surface area contributed by atoms with Crippen LogP contribution in [0.3, 0.4) is 0 Å². The molecular weight excluding hydrogens is 480 g/mol. The normalized spacial score (nSPS) is 19.8. The van der Waals surface area contributed by atoms with Crippen LogP contribution in [0.25, 0.3) is 5.76 Å². The molecule has 0 spiro atoms. The number of likely N-dealkylation sites (tertiary alicyclic amines) is 1. The number of rotatable bonds is 10. The summed E-state index contributed by atoms with van der Waals surface area (Å²) in [5.74, 6) is -0.394. The fraction of sp³-hybridized carbons (Fsp3) is 0.419. The first-order valence-electron chi connectivity index (χ1n) is 13.3. The van der Waals surface area contributed by atoms with Crippen molar-refractivity contribution in [2.75, 3.05) is 46.0 Å². The Labute approximate surface area is 225 Å². The van der Waals surface area contributed by atoms with Crippen molar-refractivity contribution < 1.29 is 24.2 Å². The minimum absolute atomic E-state index is 0.126. The molecule has 2 saturated heterocycles. The smallest absolute Gasteiger partial charge is 0.295 e. The van der Waals surface area contributed by atoms with E-state index < -0.39 is 17.7 Å². The second-order valence-corrected chi connectivity index (χ2v) is 10.2. The molecule has 1 N–H and O–H groups in total. The quantitative estimate of drug-likeness (QED) is 0.210. The lowest BCUT2D eigenvalue weighted by Crippen LogP contribution is -2.38. The number of ketones is 1. The zero-order valence-corrected chi connectivity index (χ0v) is 22.6. The van der Waals surface area contributed by atoms with Crippen molar-refractivity contribution >= 4 is 17.4 Å². The van der Waals surface area contributed by atoms with Crippen LogP contribution in [0.5, 0.6) is 5.75 Å². The summed E-state index contributed by atoms with van der Waals surface area (Å²) in [6.45, 7) is 14.5. The van der Waals surface area contributed by atoms with Crippen LogP contribution in [0, 0.1) is 6.92 Å². The van der Waals surface area contributed by atoms with Crippen LogP contribution < -0.4 is 4.74 Å². The molecule has 1 amide bonds. The third kappa shape index (κ3) is 6.00. The van der Waals surface area contributed by atoms with Gasteiger partial charge in [-0.2, -0.15) is 0 Å². The number of amides is 1. The molecule has 7 heteroatoms. The molecule has 2 aliphatic heterocycles. The third-order valence-corrected chi connectivity index (χ3v) is 7.26. The summed E-state index contributed by atoms with van der Waals surface area (Å²) in [4.78, 5) is 30.7. The maximum Gasteiger partial charge on any atom is 0.295 e. The first-order valence-corrected chi connectivity index (χ1v) is 13.3. The van der Waals surface area contributed by atoms with Gasteiger partial charge in [-0.1, -0.05) is 50.8 Å². The van der Waals surface area contributed by atoms with Gasteiger partial charge >= 0.3 is 0 Å².